The van der Waals surface area contributed by atoms with Gasteiger partial charge in [0.25, 0.3) is 5.91 Å². The summed E-state index contributed by atoms with van der Waals surface area (Å²) in [5, 5.41) is 10.4. The molecule has 0 spiro atoms. The third-order valence-electron chi connectivity index (χ3n) is 10.0. The molecule has 1 aliphatic carbocycles. The van der Waals surface area contributed by atoms with Gasteiger partial charge in [-0.25, -0.2) is 9.71 Å². The van der Waals surface area contributed by atoms with Crippen molar-refractivity contribution in [2.45, 2.75) is 88.4 Å². The molecule has 5 heterocycles. The normalized spacial score (nSPS) is 23.4. The maximum absolute atomic E-state index is 13.0. The fourth-order valence-electron chi connectivity index (χ4n) is 7.49. The van der Waals surface area contributed by atoms with Crippen LogP contribution in [0.3, 0.4) is 0 Å². The van der Waals surface area contributed by atoms with Crippen molar-refractivity contribution >= 4 is 66.0 Å². The van der Waals surface area contributed by atoms with Gasteiger partial charge < -0.3 is 14.7 Å². The Balaban J connectivity index is 0.958. The first kappa shape index (κ1) is 31.5. The second-order valence-corrected chi connectivity index (χ2v) is 16.7. The van der Waals surface area contributed by atoms with Crippen LogP contribution in [0.2, 0.25) is 10.0 Å². The fraction of sp³-hybridized carbons (Fsp3) is 0.485. The molecule has 2 aromatic heterocycles. The number of carbonyl (C=O) groups is 1. The molecule has 3 saturated heterocycles. The molecule has 2 atom stereocenters. The summed E-state index contributed by atoms with van der Waals surface area (Å²) in [6.45, 7) is 1.51. The molecule has 4 aromatic rings. The van der Waals surface area contributed by atoms with Gasteiger partial charge in [0.1, 0.15) is 11.5 Å². The number of benzene rings is 2. The first-order chi connectivity index (χ1) is 22.7. The van der Waals surface area contributed by atoms with Crippen molar-refractivity contribution in [1.82, 2.24) is 24.5 Å². The largest absolute Gasteiger partial charge is 0.360 e. The van der Waals surface area contributed by atoms with Crippen LogP contribution >= 0.6 is 34.5 Å². The summed E-state index contributed by atoms with van der Waals surface area (Å²) in [5.74, 6) is 0.726. The Hall–Kier alpha value is -2.74. The second-order valence-electron chi connectivity index (χ2n) is 13.2. The highest BCUT2D eigenvalue weighted by molar-refractivity contribution is 7.87. The molecule has 1 amide bonds. The number of piperidine rings is 2. The van der Waals surface area contributed by atoms with Crippen molar-refractivity contribution in [2.24, 2.45) is 0 Å². The van der Waals surface area contributed by atoms with E-state index in [1.165, 1.54) is 4.31 Å². The van der Waals surface area contributed by atoms with Gasteiger partial charge in [-0.3, -0.25) is 4.79 Å². The van der Waals surface area contributed by atoms with Gasteiger partial charge in [-0.2, -0.15) is 12.7 Å². The molecule has 2 bridgehead atoms. The van der Waals surface area contributed by atoms with Crippen molar-refractivity contribution in [3.8, 4) is 11.3 Å². The molecule has 8 rings (SSSR count). The first-order valence-corrected chi connectivity index (χ1v) is 19.4. The molecular formula is C33H36Cl2N6O4S2. The average molecular weight is 716 g/mol. The predicted molar refractivity (Wildman–Crippen MR) is 185 cm³/mol. The van der Waals surface area contributed by atoms with Crippen molar-refractivity contribution in [3.05, 3.63) is 63.3 Å². The van der Waals surface area contributed by atoms with E-state index in [1.54, 1.807) is 23.5 Å². The maximum atomic E-state index is 13.0. The molecule has 14 heteroatoms. The summed E-state index contributed by atoms with van der Waals surface area (Å²) < 4.78 is 35.9. The zero-order valence-corrected chi connectivity index (χ0v) is 28.9. The Labute approximate surface area is 288 Å². The minimum absolute atomic E-state index is 0.316. The summed E-state index contributed by atoms with van der Waals surface area (Å²) in [5.41, 5.74) is 3.62. The van der Waals surface area contributed by atoms with Gasteiger partial charge in [-0.15, -0.1) is 0 Å². The van der Waals surface area contributed by atoms with E-state index in [9.17, 15) is 13.2 Å². The van der Waals surface area contributed by atoms with Gasteiger partial charge in [0.05, 0.1) is 20.3 Å². The van der Waals surface area contributed by atoms with Crippen LogP contribution in [0.4, 0.5) is 5.13 Å². The van der Waals surface area contributed by atoms with Crippen molar-refractivity contribution < 1.29 is 17.7 Å². The standard InChI is InChI=1S/C33H36Cl2N6O4S2/c34-25-5-4-6-26(35)29(25)30-24(31(45-38-30)19-7-8-19)18-36-21-16-22-10-11-23(17-21)41(22)33-37-27-12-9-20(15-28(27)46-33)32(42)39-47(43,44)40-13-2-1-3-14-40/h4-6,9,12,15,19,21-23,36H,1-3,7-8,10-11,13-14,16-18H2,(H,39,42). The van der Waals surface area contributed by atoms with Crippen molar-refractivity contribution in [1.29, 1.82) is 0 Å². The number of carbonyl (C=O) groups excluding carboxylic acids is 1. The smallest absolute Gasteiger partial charge is 0.304 e. The number of rotatable bonds is 9. The number of fused-ring (bicyclic) bond motifs is 3. The number of nitrogens with one attached hydrogen (secondary N) is 2. The van der Waals surface area contributed by atoms with E-state index >= 15 is 0 Å². The van der Waals surface area contributed by atoms with Crippen molar-refractivity contribution in [2.75, 3.05) is 18.0 Å². The summed E-state index contributed by atoms with van der Waals surface area (Å²) in [4.78, 5) is 20.4. The second kappa shape index (κ2) is 12.6. The number of hydrogen-bond acceptors (Lipinski definition) is 9. The summed E-state index contributed by atoms with van der Waals surface area (Å²) in [7, 11) is -3.86. The lowest BCUT2D eigenvalue weighted by atomic mass is 9.97. The molecule has 1 saturated carbocycles. The molecule has 248 valence electrons. The first-order valence-electron chi connectivity index (χ1n) is 16.4. The third kappa shape index (κ3) is 6.17. The van der Waals surface area contributed by atoms with Gasteiger partial charge in [0, 0.05) is 60.4 Å². The molecule has 10 nitrogen and oxygen atoms in total. The molecule has 0 radical (unpaired) electrons. The lowest BCUT2D eigenvalue weighted by Gasteiger charge is -2.39. The van der Waals surface area contributed by atoms with E-state index in [-0.39, 0.29) is 0 Å². The van der Waals surface area contributed by atoms with Gasteiger partial charge in [-0.1, -0.05) is 52.2 Å². The molecule has 47 heavy (non-hydrogen) atoms. The minimum Gasteiger partial charge on any atom is -0.360 e. The molecule has 2 N–H and O–H groups in total. The van der Waals surface area contributed by atoms with Crippen LogP contribution in [-0.4, -0.2) is 60.0 Å². The molecular weight excluding hydrogens is 679 g/mol. The Morgan fingerprint density at radius 3 is 2.43 bits per heavy atom. The van der Waals surface area contributed by atoms with Crippen LogP contribution in [0.25, 0.3) is 21.5 Å². The monoisotopic (exact) mass is 714 g/mol. The number of thiazole rings is 1. The lowest BCUT2D eigenvalue weighted by Crippen LogP contribution is -2.49. The molecule has 2 unspecified atom stereocenters. The SMILES string of the molecule is O=C(NS(=O)(=O)N1CCCCC1)c1ccc2nc(N3C4CCC3CC(NCc3c(-c5c(Cl)cccc5Cl)noc3C3CC3)C4)sc2c1. The predicted octanol–water partition coefficient (Wildman–Crippen LogP) is 6.89. The number of amides is 1. The van der Waals surface area contributed by atoms with E-state index in [4.69, 9.17) is 32.7 Å². The van der Waals surface area contributed by atoms with Crippen LogP contribution in [0.5, 0.6) is 0 Å². The zero-order chi connectivity index (χ0) is 32.3. The van der Waals surface area contributed by atoms with E-state index in [2.05, 4.69) is 20.1 Å². The highest BCUT2D eigenvalue weighted by atomic mass is 35.5. The number of anilines is 1. The lowest BCUT2D eigenvalue weighted by molar-refractivity contribution is 0.0978. The maximum Gasteiger partial charge on any atom is 0.304 e. The molecule has 2 aromatic carbocycles. The third-order valence-corrected chi connectivity index (χ3v) is 13.2. The topological polar surface area (TPSA) is 121 Å². The fourth-order valence-corrected chi connectivity index (χ4v) is 10.4. The van der Waals surface area contributed by atoms with Gasteiger partial charge in [0.2, 0.25) is 0 Å². The van der Waals surface area contributed by atoms with Crippen molar-refractivity contribution in [3.63, 3.8) is 0 Å². The number of nitrogens with zero attached hydrogens (tertiary/aromatic N) is 4. The van der Waals surface area contributed by atoms with E-state index in [0.717, 1.165) is 95.7 Å². The average Bonchev–Trinajstić information content (AvgIpc) is 3.59. The molecule has 4 aliphatic rings. The molecule has 4 fully saturated rings. The zero-order valence-electron chi connectivity index (χ0n) is 25.8. The number of aromatic nitrogens is 2. The van der Waals surface area contributed by atoms with Gasteiger partial charge >= 0.3 is 10.2 Å². The van der Waals surface area contributed by atoms with Gasteiger partial charge in [-0.05, 0) is 81.7 Å². The summed E-state index contributed by atoms with van der Waals surface area (Å²) in [6.07, 6.45) is 9.00. The van der Waals surface area contributed by atoms with Crippen LogP contribution in [0.15, 0.2) is 40.9 Å². The van der Waals surface area contributed by atoms with Crippen LogP contribution in [0, 0.1) is 0 Å². The highest BCUT2D eigenvalue weighted by Gasteiger charge is 2.42. The Morgan fingerprint density at radius 2 is 1.72 bits per heavy atom. The van der Waals surface area contributed by atoms with Crippen LogP contribution < -0.4 is 14.9 Å². The van der Waals surface area contributed by atoms with E-state index in [1.807, 2.05) is 24.3 Å². The Kier molecular flexibility index (Phi) is 8.46. The minimum atomic E-state index is -3.86. The summed E-state index contributed by atoms with van der Waals surface area (Å²) in [6, 6.07) is 11.8. The highest BCUT2D eigenvalue weighted by Crippen LogP contribution is 2.47. The molecule has 3 aliphatic heterocycles. The summed E-state index contributed by atoms with van der Waals surface area (Å²) >= 11 is 14.7. The Bertz CT molecular complexity index is 1900. The Morgan fingerprint density at radius 1 is 1.00 bits per heavy atom. The number of halogens is 2. The quantitative estimate of drug-likeness (QED) is 0.192. The van der Waals surface area contributed by atoms with Crippen LogP contribution in [-0.2, 0) is 16.8 Å². The number of hydrogen-bond donors (Lipinski definition) is 2. The van der Waals surface area contributed by atoms with Crippen LogP contribution in [0.1, 0.15) is 85.4 Å². The van der Waals surface area contributed by atoms with E-state index < -0.39 is 16.1 Å². The van der Waals surface area contributed by atoms with Gasteiger partial charge in [0.15, 0.2) is 5.13 Å². The van der Waals surface area contributed by atoms with E-state index in [0.29, 0.717) is 59.3 Å².